The van der Waals surface area contributed by atoms with E-state index in [0.29, 0.717) is 0 Å². The van der Waals surface area contributed by atoms with Crippen molar-refractivity contribution in [3.05, 3.63) is 40.7 Å². The van der Waals surface area contributed by atoms with Crippen LogP contribution in [0.2, 0.25) is 0 Å². The van der Waals surface area contributed by atoms with Crippen molar-refractivity contribution in [1.29, 1.82) is 0 Å². The lowest BCUT2D eigenvalue weighted by Crippen LogP contribution is -2.51. The Bertz CT molecular complexity index is 730. The summed E-state index contributed by atoms with van der Waals surface area (Å²) >= 11 is 1.62. The van der Waals surface area contributed by atoms with E-state index in [1.807, 2.05) is 0 Å². The van der Waals surface area contributed by atoms with Gasteiger partial charge >= 0.3 is 0 Å². The Labute approximate surface area is 150 Å². The molecule has 1 aromatic carbocycles. The largest absolute Gasteiger partial charge is 0.348 e. The second-order valence-corrected chi connectivity index (χ2v) is 7.18. The monoisotopic (exact) mass is 367 g/mol. The van der Waals surface area contributed by atoms with E-state index in [4.69, 9.17) is 4.98 Å². The Morgan fingerprint density at radius 1 is 1.29 bits per heavy atom. The van der Waals surface area contributed by atoms with E-state index in [9.17, 15) is 9.18 Å². The van der Waals surface area contributed by atoms with Crippen LogP contribution >= 0.6 is 23.7 Å². The van der Waals surface area contributed by atoms with Gasteiger partial charge in [0.05, 0.1) is 22.5 Å². The van der Waals surface area contributed by atoms with Gasteiger partial charge in [-0.1, -0.05) is 0 Å². The van der Waals surface area contributed by atoms with Crippen LogP contribution in [0.15, 0.2) is 24.3 Å². The van der Waals surface area contributed by atoms with Crippen molar-refractivity contribution in [1.82, 2.24) is 15.6 Å². The van der Waals surface area contributed by atoms with E-state index in [1.54, 1.807) is 23.5 Å². The molecule has 24 heavy (non-hydrogen) atoms. The molecule has 2 N–H and O–H groups in total. The second-order valence-electron chi connectivity index (χ2n) is 6.15. The third-order valence-electron chi connectivity index (χ3n) is 4.51. The zero-order valence-corrected chi connectivity index (χ0v) is 14.7. The van der Waals surface area contributed by atoms with Gasteiger partial charge in [-0.15, -0.1) is 23.7 Å². The molecule has 1 amide bonds. The van der Waals surface area contributed by atoms with Crippen LogP contribution in [0, 0.1) is 11.7 Å². The van der Waals surface area contributed by atoms with Gasteiger partial charge in [-0.2, -0.15) is 0 Å². The Hall–Kier alpha value is -1.50. The molecule has 1 fully saturated rings. The average Bonchev–Trinajstić information content (AvgIpc) is 2.91. The van der Waals surface area contributed by atoms with Gasteiger partial charge in [-0.3, -0.25) is 4.79 Å². The first-order valence-electron chi connectivity index (χ1n) is 7.97. The fourth-order valence-electron chi connectivity index (χ4n) is 3.04. The van der Waals surface area contributed by atoms with E-state index in [0.717, 1.165) is 53.5 Å². The van der Waals surface area contributed by atoms with Gasteiger partial charge in [0.15, 0.2) is 0 Å². The molecule has 1 aromatic heterocycles. The number of thiazole rings is 1. The van der Waals surface area contributed by atoms with Crippen molar-refractivity contribution in [3.63, 3.8) is 0 Å². The summed E-state index contributed by atoms with van der Waals surface area (Å²) in [7, 11) is 0. The normalized spacial score (nSPS) is 19.8. The molecule has 128 valence electrons. The maximum Gasteiger partial charge on any atom is 0.226 e. The number of hydrogen-bond donors (Lipinski definition) is 2. The molecule has 0 radical (unpaired) electrons. The summed E-state index contributed by atoms with van der Waals surface area (Å²) in [5, 5.41) is 7.21. The summed E-state index contributed by atoms with van der Waals surface area (Å²) in [6.45, 7) is 1.55. The number of hydrogen-bond acceptors (Lipinski definition) is 4. The van der Waals surface area contributed by atoms with Crippen molar-refractivity contribution in [3.8, 4) is 10.6 Å². The van der Waals surface area contributed by atoms with Crippen molar-refractivity contribution in [2.75, 3.05) is 13.1 Å². The molecule has 1 saturated heterocycles. The number of amides is 1. The van der Waals surface area contributed by atoms with Gasteiger partial charge in [0.25, 0.3) is 0 Å². The van der Waals surface area contributed by atoms with Crippen LogP contribution in [0.4, 0.5) is 4.39 Å². The zero-order valence-electron chi connectivity index (χ0n) is 13.0. The topological polar surface area (TPSA) is 54.0 Å². The molecule has 1 aliphatic heterocycles. The van der Waals surface area contributed by atoms with Crippen molar-refractivity contribution < 1.29 is 9.18 Å². The molecule has 7 heteroatoms. The number of nitrogens with zero attached hydrogens (tertiary/aromatic N) is 1. The second kappa shape index (κ2) is 7.17. The fourth-order valence-corrected chi connectivity index (χ4v) is 4.24. The number of halogens is 2. The Kier molecular flexibility index (Phi) is 5.18. The minimum atomic E-state index is -0.241. The molecule has 1 unspecified atom stereocenters. The van der Waals surface area contributed by atoms with E-state index < -0.39 is 0 Å². The van der Waals surface area contributed by atoms with Crippen LogP contribution in [-0.2, 0) is 11.2 Å². The molecule has 2 aromatic rings. The fraction of sp³-hybridized carbons (Fsp3) is 0.412. The summed E-state index contributed by atoms with van der Waals surface area (Å²) in [5.41, 5.74) is 2.01. The SMILES string of the molecule is Cl.O=C(NC1CCCc2nc(-c3ccc(F)cc3)sc21)C1CNC1. The number of nitrogens with one attached hydrogen (secondary N) is 2. The lowest BCUT2D eigenvalue weighted by atomic mass is 9.96. The molecule has 4 nitrogen and oxygen atoms in total. The molecular weight excluding hydrogens is 349 g/mol. The van der Waals surface area contributed by atoms with Crippen LogP contribution in [0.3, 0.4) is 0 Å². The molecular formula is C17H19ClFN3OS. The number of carbonyl (C=O) groups excluding carboxylic acids is 1. The van der Waals surface area contributed by atoms with Gasteiger partial charge < -0.3 is 10.6 Å². The third kappa shape index (κ3) is 3.31. The molecule has 0 bridgehead atoms. The number of fused-ring (bicyclic) bond motifs is 1. The maximum atomic E-state index is 13.1. The number of rotatable bonds is 3. The highest BCUT2D eigenvalue weighted by atomic mass is 35.5. The molecule has 2 aliphatic rings. The minimum absolute atomic E-state index is 0. The molecule has 1 atom stereocenters. The average molecular weight is 368 g/mol. The zero-order chi connectivity index (χ0) is 15.8. The highest BCUT2D eigenvalue weighted by Crippen LogP contribution is 2.38. The Balaban J connectivity index is 0.00000169. The van der Waals surface area contributed by atoms with E-state index in [1.165, 1.54) is 12.1 Å². The van der Waals surface area contributed by atoms with Crippen molar-refractivity contribution in [2.24, 2.45) is 5.92 Å². The molecule has 2 heterocycles. The third-order valence-corrected chi connectivity index (χ3v) is 5.77. The molecule has 0 saturated carbocycles. The minimum Gasteiger partial charge on any atom is -0.348 e. The standard InChI is InChI=1S/C17H18FN3OS.ClH/c18-12-6-4-10(5-7-12)17-21-14-3-1-2-13(15(14)23-17)20-16(22)11-8-19-9-11;/h4-7,11,13,19H,1-3,8-9H2,(H,20,22);1H. The van der Waals surface area contributed by atoms with Crippen LogP contribution in [0.25, 0.3) is 10.6 Å². The highest BCUT2D eigenvalue weighted by molar-refractivity contribution is 7.15. The lowest BCUT2D eigenvalue weighted by molar-refractivity contribution is -0.127. The van der Waals surface area contributed by atoms with Gasteiger partial charge in [-0.05, 0) is 43.5 Å². The van der Waals surface area contributed by atoms with E-state index in [-0.39, 0.29) is 36.1 Å². The van der Waals surface area contributed by atoms with Crippen LogP contribution in [-0.4, -0.2) is 24.0 Å². The summed E-state index contributed by atoms with van der Waals surface area (Å²) in [6.07, 6.45) is 2.95. The quantitative estimate of drug-likeness (QED) is 0.876. The summed E-state index contributed by atoms with van der Waals surface area (Å²) in [6, 6.07) is 6.50. The van der Waals surface area contributed by atoms with Gasteiger partial charge in [0, 0.05) is 18.7 Å². The molecule has 1 aliphatic carbocycles. The first-order chi connectivity index (χ1) is 11.2. The van der Waals surface area contributed by atoms with E-state index in [2.05, 4.69) is 10.6 Å². The first kappa shape index (κ1) is 17.3. The number of aryl methyl sites for hydroxylation is 1. The van der Waals surface area contributed by atoms with Gasteiger partial charge in [0.2, 0.25) is 5.91 Å². The predicted molar refractivity (Wildman–Crippen MR) is 94.9 cm³/mol. The Morgan fingerprint density at radius 2 is 2.04 bits per heavy atom. The number of carbonyl (C=O) groups is 1. The van der Waals surface area contributed by atoms with E-state index >= 15 is 0 Å². The number of aromatic nitrogens is 1. The summed E-state index contributed by atoms with van der Waals surface area (Å²) < 4.78 is 13.1. The number of benzene rings is 1. The maximum absolute atomic E-state index is 13.1. The Morgan fingerprint density at radius 3 is 2.71 bits per heavy atom. The van der Waals surface area contributed by atoms with Crippen molar-refractivity contribution in [2.45, 2.75) is 25.3 Å². The van der Waals surface area contributed by atoms with Crippen LogP contribution < -0.4 is 10.6 Å². The predicted octanol–water partition coefficient (Wildman–Crippen LogP) is 3.08. The smallest absolute Gasteiger partial charge is 0.226 e. The van der Waals surface area contributed by atoms with Gasteiger partial charge in [0.1, 0.15) is 10.8 Å². The van der Waals surface area contributed by atoms with Crippen molar-refractivity contribution >= 4 is 29.7 Å². The lowest BCUT2D eigenvalue weighted by Gasteiger charge is -2.29. The summed E-state index contributed by atoms with van der Waals surface area (Å²) in [5.74, 6) is -0.00230. The highest BCUT2D eigenvalue weighted by Gasteiger charge is 2.30. The molecule has 4 rings (SSSR count). The van der Waals surface area contributed by atoms with Crippen LogP contribution in [0.1, 0.15) is 29.5 Å². The van der Waals surface area contributed by atoms with Gasteiger partial charge in [-0.25, -0.2) is 9.37 Å². The first-order valence-corrected chi connectivity index (χ1v) is 8.79. The molecule has 0 spiro atoms. The summed E-state index contributed by atoms with van der Waals surface area (Å²) in [4.78, 5) is 18.1. The van der Waals surface area contributed by atoms with Crippen LogP contribution in [0.5, 0.6) is 0 Å².